The van der Waals surface area contributed by atoms with E-state index in [1.165, 1.54) is 38.9 Å². The van der Waals surface area contributed by atoms with E-state index in [2.05, 4.69) is 68.4 Å². The molecule has 1 aliphatic carbocycles. The van der Waals surface area contributed by atoms with E-state index in [1.54, 1.807) is 0 Å². The molecule has 0 bridgehead atoms. The molecule has 4 rings (SSSR count). The van der Waals surface area contributed by atoms with Gasteiger partial charge in [-0.25, -0.2) is 0 Å². The molecule has 0 aliphatic heterocycles. The zero-order valence-corrected chi connectivity index (χ0v) is 12.9. The maximum Gasteiger partial charge on any atom is 0.0396 e. The summed E-state index contributed by atoms with van der Waals surface area (Å²) in [6.45, 7) is 4.40. The highest BCUT2D eigenvalue weighted by Crippen LogP contribution is 2.50. The average Bonchev–Trinajstić information content (AvgIpc) is 2.86. The minimum atomic E-state index is 0.287. The Kier molecular flexibility index (Phi) is 2.83. The Hall–Kier alpha value is -2.54. The van der Waals surface area contributed by atoms with Crippen LogP contribution in [0.4, 0.5) is 5.69 Å². The van der Waals surface area contributed by atoms with E-state index in [0.29, 0.717) is 0 Å². The van der Waals surface area contributed by atoms with Gasteiger partial charge in [0.1, 0.15) is 0 Å². The van der Waals surface area contributed by atoms with E-state index in [0.717, 1.165) is 5.69 Å². The molecule has 0 radical (unpaired) electrons. The standard InChI is InChI=1S/C21H19N/c1-13-7-5-10-15(14(13)2)20-16-8-3-4-9-17(16)21-18(20)11-6-12-19(21)22/h3-12,20H,22H2,1-2H3. The van der Waals surface area contributed by atoms with Gasteiger partial charge < -0.3 is 5.73 Å². The number of nitrogen functional groups attached to an aromatic ring is 1. The van der Waals surface area contributed by atoms with Crippen molar-refractivity contribution in [3.8, 4) is 11.1 Å². The summed E-state index contributed by atoms with van der Waals surface area (Å²) in [5.74, 6) is 0.287. The summed E-state index contributed by atoms with van der Waals surface area (Å²) >= 11 is 0. The Labute approximate surface area is 131 Å². The molecular weight excluding hydrogens is 266 g/mol. The summed E-state index contributed by atoms with van der Waals surface area (Å²) in [7, 11) is 0. The summed E-state index contributed by atoms with van der Waals surface area (Å²) < 4.78 is 0. The van der Waals surface area contributed by atoms with Crippen molar-refractivity contribution < 1.29 is 0 Å². The number of rotatable bonds is 1. The van der Waals surface area contributed by atoms with Crippen molar-refractivity contribution in [1.29, 1.82) is 0 Å². The molecule has 1 nitrogen and oxygen atoms in total. The van der Waals surface area contributed by atoms with Gasteiger partial charge >= 0.3 is 0 Å². The normalized spacial score (nSPS) is 15.5. The Morgan fingerprint density at radius 2 is 1.41 bits per heavy atom. The van der Waals surface area contributed by atoms with Crippen LogP contribution in [0.1, 0.15) is 33.7 Å². The molecular formula is C21H19N. The molecule has 1 unspecified atom stereocenters. The summed E-state index contributed by atoms with van der Waals surface area (Å²) in [5.41, 5.74) is 16.5. The molecule has 108 valence electrons. The molecule has 0 heterocycles. The Balaban J connectivity index is 2.06. The summed E-state index contributed by atoms with van der Waals surface area (Å²) in [4.78, 5) is 0. The summed E-state index contributed by atoms with van der Waals surface area (Å²) in [6, 6.07) is 21.5. The van der Waals surface area contributed by atoms with Crippen LogP contribution in [-0.4, -0.2) is 0 Å². The lowest BCUT2D eigenvalue weighted by Gasteiger charge is -2.18. The zero-order valence-electron chi connectivity index (χ0n) is 12.9. The highest BCUT2D eigenvalue weighted by atomic mass is 14.6. The molecule has 1 atom stereocenters. The van der Waals surface area contributed by atoms with Crippen molar-refractivity contribution >= 4 is 5.69 Å². The average molecular weight is 285 g/mol. The Morgan fingerprint density at radius 3 is 2.27 bits per heavy atom. The number of fused-ring (bicyclic) bond motifs is 3. The minimum Gasteiger partial charge on any atom is -0.398 e. The number of hydrogen-bond acceptors (Lipinski definition) is 1. The van der Waals surface area contributed by atoms with Crippen LogP contribution >= 0.6 is 0 Å². The van der Waals surface area contributed by atoms with E-state index in [4.69, 9.17) is 5.73 Å². The first kappa shape index (κ1) is 13.1. The summed E-state index contributed by atoms with van der Waals surface area (Å²) in [5, 5.41) is 0. The molecule has 22 heavy (non-hydrogen) atoms. The molecule has 2 N–H and O–H groups in total. The molecule has 0 spiro atoms. The van der Waals surface area contributed by atoms with E-state index in [1.807, 2.05) is 6.07 Å². The predicted octanol–water partition coefficient (Wildman–Crippen LogP) is 5.05. The van der Waals surface area contributed by atoms with Gasteiger partial charge in [0, 0.05) is 17.2 Å². The second-order valence-electron chi connectivity index (χ2n) is 6.12. The maximum atomic E-state index is 6.30. The van der Waals surface area contributed by atoms with Gasteiger partial charge in [0.25, 0.3) is 0 Å². The Bertz CT molecular complexity index is 877. The van der Waals surface area contributed by atoms with Crippen LogP contribution in [0.25, 0.3) is 11.1 Å². The van der Waals surface area contributed by atoms with Gasteiger partial charge in [-0.2, -0.15) is 0 Å². The fourth-order valence-corrected chi connectivity index (χ4v) is 3.71. The third kappa shape index (κ3) is 1.72. The number of nitrogens with two attached hydrogens (primary N) is 1. The summed E-state index contributed by atoms with van der Waals surface area (Å²) in [6.07, 6.45) is 0. The highest BCUT2D eigenvalue weighted by Gasteiger charge is 2.31. The lowest BCUT2D eigenvalue weighted by Crippen LogP contribution is -2.03. The highest BCUT2D eigenvalue weighted by molar-refractivity contribution is 5.88. The van der Waals surface area contributed by atoms with E-state index >= 15 is 0 Å². The fourth-order valence-electron chi connectivity index (χ4n) is 3.71. The predicted molar refractivity (Wildman–Crippen MR) is 93.2 cm³/mol. The molecule has 1 heteroatoms. The van der Waals surface area contributed by atoms with Gasteiger partial charge in [0.05, 0.1) is 0 Å². The van der Waals surface area contributed by atoms with Gasteiger partial charge in [0.15, 0.2) is 0 Å². The van der Waals surface area contributed by atoms with Crippen molar-refractivity contribution in [2.24, 2.45) is 0 Å². The molecule has 0 saturated carbocycles. The quantitative estimate of drug-likeness (QED) is 0.487. The van der Waals surface area contributed by atoms with Crippen LogP contribution in [-0.2, 0) is 0 Å². The van der Waals surface area contributed by atoms with Crippen LogP contribution in [0, 0.1) is 13.8 Å². The van der Waals surface area contributed by atoms with Crippen molar-refractivity contribution in [2.75, 3.05) is 5.73 Å². The van der Waals surface area contributed by atoms with Crippen LogP contribution in [0.5, 0.6) is 0 Å². The van der Waals surface area contributed by atoms with E-state index in [9.17, 15) is 0 Å². The van der Waals surface area contributed by atoms with Crippen molar-refractivity contribution in [1.82, 2.24) is 0 Å². The first-order valence-electron chi connectivity index (χ1n) is 7.72. The van der Waals surface area contributed by atoms with Crippen LogP contribution in [0.3, 0.4) is 0 Å². The zero-order chi connectivity index (χ0) is 15.3. The maximum absolute atomic E-state index is 6.30. The molecule has 0 amide bonds. The molecule has 3 aromatic rings. The van der Waals surface area contributed by atoms with Crippen molar-refractivity contribution in [3.63, 3.8) is 0 Å². The second-order valence-corrected chi connectivity index (χ2v) is 6.12. The van der Waals surface area contributed by atoms with Gasteiger partial charge in [-0.1, -0.05) is 54.6 Å². The monoisotopic (exact) mass is 285 g/mol. The van der Waals surface area contributed by atoms with E-state index in [-0.39, 0.29) is 5.92 Å². The number of aryl methyl sites for hydroxylation is 1. The second kappa shape index (κ2) is 4.74. The minimum absolute atomic E-state index is 0.287. The van der Waals surface area contributed by atoms with Crippen LogP contribution in [0.15, 0.2) is 60.7 Å². The molecule has 0 saturated heterocycles. The van der Waals surface area contributed by atoms with Crippen molar-refractivity contribution in [2.45, 2.75) is 19.8 Å². The first-order valence-corrected chi connectivity index (χ1v) is 7.72. The molecule has 3 aromatic carbocycles. The lowest BCUT2D eigenvalue weighted by atomic mass is 9.85. The molecule has 0 aromatic heterocycles. The lowest BCUT2D eigenvalue weighted by molar-refractivity contribution is 0.990. The van der Waals surface area contributed by atoms with Crippen LogP contribution in [0.2, 0.25) is 0 Å². The van der Waals surface area contributed by atoms with Crippen LogP contribution < -0.4 is 5.73 Å². The topological polar surface area (TPSA) is 26.0 Å². The third-order valence-corrected chi connectivity index (χ3v) is 4.94. The largest absolute Gasteiger partial charge is 0.398 e. The first-order chi connectivity index (χ1) is 10.7. The number of anilines is 1. The molecule has 0 fully saturated rings. The van der Waals surface area contributed by atoms with Gasteiger partial charge in [-0.15, -0.1) is 0 Å². The van der Waals surface area contributed by atoms with Gasteiger partial charge in [0.2, 0.25) is 0 Å². The number of benzene rings is 3. The molecule has 1 aliphatic rings. The van der Waals surface area contributed by atoms with Crippen molar-refractivity contribution in [3.05, 3.63) is 88.5 Å². The van der Waals surface area contributed by atoms with Gasteiger partial charge in [-0.3, -0.25) is 0 Å². The third-order valence-electron chi connectivity index (χ3n) is 4.94. The number of hydrogen-bond donors (Lipinski definition) is 1. The fraction of sp³-hybridized carbons (Fsp3) is 0.143. The smallest absolute Gasteiger partial charge is 0.0396 e. The Morgan fingerprint density at radius 1 is 0.727 bits per heavy atom. The SMILES string of the molecule is Cc1cccc(C2c3ccccc3-c3c(N)cccc32)c1C. The van der Waals surface area contributed by atoms with Gasteiger partial charge in [-0.05, 0) is 53.3 Å². The van der Waals surface area contributed by atoms with E-state index < -0.39 is 0 Å².